The smallest absolute Gasteiger partial charge is 0.326 e. The fourth-order valence-corrected chi connectivity index (χ4v) is 5.98. The van der Waals surface area contributed by atoms with E-state index in [9.17, 15) is 19.8 Å². The van der Waals surface area contributed by atoms with Gasteiger partial charge in [0.2, 0.25) is 0 Å². The van der Waals surface area contributed by atoms with E-state index >= 15 is 0 Å². The number of phenols is 2. The van der Waals surface area contributed by atoms with Crippen molar-refractivity contribution in [2.75, 3.05) is 32.7 Å². The highest BCUT2D eigenvalue weighted by molar-refractivity contribution is 5.94. The maximum Gasteiger partial charge on any atom is 0.326 e. The van der Waals surface area contributed by atoms with Crippen molar-refractivity contribution in [1.82, 2.24) is 19.4 Å². The highest BCUT2D eigenvalue weighted by Gasteiger charge is 2.25. The molecule has 0 saturated carbocycles. The molecule has 218 valence electrons. The number of imidazole rings is 1. The lowest BCUT2D eigenvalue weighted by Crippen LogP contribution is -2.37. The minimum absolute atomic E-state index is 0. The van der Waals surface area contributed by atoms with E-state index in [1.807, 2.05) is 73.0 Å². The molecule has 0 spiro atoms. The zero-order chi connectivity index (χ0) is 28.2. The van der Waals surface area contributed by atoms with Gasteiger partial charge in [-0.05, 0) is 87.2 Å². The minimum Gasteiger partial charge on any atom is -0.504 e. The van der Waals surface area contributed by atoms with Gasteiger partial charge < -0.3 is 25.0 Å². The number of amides is 1. The molecule has 8 nitrogen and oxygen atoms in total. The number of rotatable bonds is 9. The largest absolute Gasteiger partial charge is 0.504 e. The summed E-state index contributed by atoms with van der Waals surface area (Å²) in [5.74, 6) is -0.274. The molecule has 0 radical (unpaired) electrons. The zero-order valence-corrected chi connectivity index (χ0v) is 24.4. The summed E-state index contributed by atoms with van der Waals surface area (Å²) in [5.41, 5.74) is 4.42. The number of para-hydroxylation sites is 2. The number of carbonyl (C=O) groups is 1. The van der Waals surface area contributed by atoms with E-state index in [2.05, 4.69) is 9.88 Å². The Hall–Kier alpha value is -3.75. The number of fused-ring (bicyclic) bond motifs is 1. The number of nitrogens with zero attached hydrogens (tertiary/aromatic N) is 3. The Morgan fingerprint density at radius 3 is 2.27 bits per heavy atom. The van der Waals surface area contributed by atoms with Crippen molar-refractivity contribution in [3.05, 3.63) is 93.9 Å². The molecule has 3 aromatic carbocycles. The number of aromatic amines is 1. The molecule has 9 heteroatoms. The van der Waals surface area contributed by atoms with Crippen molar-refractivity contribution in [2.45, 2.75) is 45.1 Å². The molecule has 1 saturated heterocycles. The van der Waals surface area contributed by atoms with Crippen LogP contribution in [0.25, 0.3) is 11.0 Å². The van der Waals surface area contributed by atoms with Crippen molar-refractivity contribution < 1.29 is 15.0 Å². The van der Waals surface area contributed by atoms with Gasteiger partial charge in [-0.2, -0.15) is 0 Å². The second kappa shape index (κ2) is 13.3. The number of halogens is 1. The summed E-state index contributed by atoms with van der Waals surface area (Å²) >= 11 is 0. The molecule has 0 bridgehead atoms. The first-order valence-corrected chi connectivity index (χ1v) is 14.2. The first-order valence-electron chi connectivity index (χ1n) is 14.2. The van der Waals surface area contributed by atoms with E-state index in [1.54, 1.807) is 11.0 Å². The molecule has 1 aromatic heterocycles. The Bertz CT molecular complexity index is 1520. The van der Waals surface area contributed by atoms with E-state index in [-0.39, 0.29) is 47.5 Å². The number of aromatic hydroxyl groups is 2. The molecule has 3 N–H and O–H groups in total. The van der Waals surface area contributed by atoms with E-state index in [4.69, 9.17) is 0 Å². The number of benzene rings is 3. The quantitative estimate of drug-likeness (QED) is 0.228. The monoisotopic (exact) mass is 578 g/mol. The zero-order valence-electron chi connectivity index (χ0n) is 23.6. The molecule has 4 aromatic rings. The number of hydrogen-bond donors (Lipinski definition) is 3. The number of likely N-dealkylation sites (tertiary alicyclic amines) is 1. The van der Waals surface area contributed by atoms with Gasteiger partial charge >= 0.3 is 5.69 Å². The molecule has 1 amide bonds. The van der Waals surface area contributed by atoms with Gasteiger partial charge in [-0.15, -0.1) is 12.4 Å². The van der Waals surface area contributed by atoms with Crippen LogP contribution < -0.4 is 5.69 Å². The van der Waals surface area contributed by atoms with Crippen LogP contribution in [0.4, 0.5) is 0 Å². The highest BCUT2D eigenvalue weighted by atomic mass is 35.5. The Balaban J connectivity index is 0.00000387. The van der Waals surface area contributed by atoms with E-state index in [0.29, 0.717) is 18.7 Å². The van der Waals surface area contributed by atoms with Gasteiger partial charge in [-0.3, -0.25) is 9.36 Å². The first kappa shape index (κ1) is 30.2. The van der Waals surface area contributed by atoms with Crippen LogP contribution in [-0.2, 0) is 0 Å². The molecule has 5 rings (SSSR count). The van der Waals surface area contributed by atoms with Crippen LogP contribution in [0.1, 0.15) is 66.6 Å². The standard InChI is InChI=1S/C32H38N4O4.ClH/c1-3-35(4-2)31(39)23-11-9-22(10-12-23)26(24-13-14-29(37)30(38)21-24)17-20-34-18-15-25(16-19-34)36-28-8-6-5-7-27(28)33-32(36)40;/h5-14,21,25-26,37-38H,3-4,15-20H2,1-2H3,(H,33,40);1H. The van der Waals surface area contributed by atoms with Gasteiger partial charge in [0.1, 0.15) is 0 Å². The summed E-state index contributed by atoms with van der Waals surface area (Å²) in [6.45, 7) is 7.91. The predicted molar refractivity (Wildman–Crippen MR) is 164 cm³/mol. The Morgan fingerprint density at radius 1 is 0.951 bits per heavy atom. The maximum absolute atomic E-state index is 12.8. The second-order valence-electron chi connectivity index (χ2n) is 10.6. The summed E-state index contributed by atoms with van der Waals surface area (Å²) in [5, 5.41) is 20.1. The van der Waals surface area contributed by atoms with Crippen molar-refractivity contribution in [1.29, 1.82) is 0 Å². The minimum atomic E-state index is -0.141. The van der Waals surface area contributed by atoms with Crippen molar-refractivity contribution in [3.63, 3.8) is 0 Å². The van der Waals surface area contributed by atoms with Crippen molar-refractivity contribution in [3.8, 4) is 11.5 Å². The summed E-state index contributed by atoms with van der Waals surface area (Å²) in [7, 11) is 0. The number of nitrogens with one attached hydrogen (secondary N) is 1. The molecule has 1 aliphatic rings. The van der Waals surface area contributed by atoms with Gasteiger partial charge in [-0.25, -0.2) is 4.79 Å². The Kier molecular flexibility index (Phi) is 9.78. The van der Waals surface area contributed by atoms with E-state index in [1.165, 1.54) is 6.07 Å². The number of piperidine rings is 1. The van der Waals surface area contributed by atoms with Crippen LogP contribution in [0.15, 0.2) is 71.5 Å². The summed E-state index contributed by atoms with van der Waals surface area (Å²) in [6.07, 6.45) is 2.61. The number of H-pyrrole nitrogens is 1. The highest BCUT2D eigenvalue weighted by Crippen LogP contribution is 2.35. The third kappa shape index (κ3) is 6.44. The fraction of sp³-hybridized carbons (Fsp3) is 0.375. The van der Waals surface area contributed by atoms with Gasteiger partial charge in [-0.1, -0.05) is 30.3 Å². The SMILES string of the molecule is CCN(CC)C(=O)c1ccc(C(CCN2CCC(n3c(=O)[nH]c4ccccc43)CC2)c2ccc(O)c(O)c2)cc1.Cl. The summed E-state index contributed by atoms with van der Waals surface area (Å²) < 4.78 is 1.91. The first-order chi connectivity index (χ1) is 19.4. The summed E-state index contributed by atoms with van der Waals surface area (Å²) in [6, 6.07) is 20.8. The molecule has 0 aliphatic carbocycles. The molecule has 2 heterocycles. The molecule has 1 aliphatic heterocycles. The van der Waals surface area contributed by atoms with Gasteiger partial charge in [0.05, 0.1) is 11.0 Å². The number of aromatic nitrogens is 2. The van der Waals surface area contributed by atoms with Crippen LogP contribution in [-0.4, -0.2) is 68.2 Å². The molecule has 1 fully saturated rings. The van der Waals surface area contributed by atoms with Crippen LogP contribution in [0, 0.1) is 0 Å². The third-order valence-corrected chi connectivity index (χ3v) is 8.29. The second-order valence-corrected chi connectivity index (χ2v) is 10.6. The molecule has 1 atom stereocenters. The Morgan fingerprint density at radius 2 is 1.61 bits per heavy atom. The molecule has 41 heavy (non-hydrogen) atoms. The van der Waals surface area contributed by atoms with Gasteiger partial charge in [0.25, 0.3) is 5.91 Å². The predicted octanol–water partition coefficient (Wildman–Crippen LogP) is 5.50. The lowest BCUT2D eigenvalue weighted by Gasteiger charge is -2.33. The van der Waals surface area contributed by atoms with E-state index < -0.39 is 0 Å². The number of carbonyl (C=O) groups excluding carboxylic acids is 1. The fourth-order valence-electron chi connectivity index (χ4n) is 5.98. The molecular formula is C32H39ClN4O4. The average molecular weight is 579 g/mol. The van der Waals surface area contributed by atoms with Gasteiger partial charge in [0, 0.05) is 43.7 Å². The summed E-state index contributed by atoms with van der Waals surface area (Å²) in [4.78, 5) is 32.7. The molecule has 1 unspecified atom stereocenters. The topological polar surface area (TPSA) is 102 Å². The molecular weight excluding hydrogens is 540 g/mol. The lowest BCUT2D eigenvalue weighted by molar-refractivity contribution is 0.0773. The van der Waals surface area contributed by atoms with Crippen LogP contribution in [0.5, 0.6) is 11.5 Å². The van der Waals surface area contributed by atoms with Crippen LogP contribution >= 0.6 is 12.4 Å². The van der Waals surface area contributed by atoms with Crippen molar-refractivity contribution >= 4 is 29.3 Å². The Labute approximate surface area is 246 Å². The number of phenolic OH excluding ortho intramolecular Hbond substituents is 2. The average Bonchev–Trinajstić information content (AvgIpc) is 3.32. The maximum atomic E-state index is 12.8. The van der Waals surface area contributed by atoms with Crippen LogP contribution in [0.2, 0.25) is 0 Å². The number of hydrogen-bond acceptors (Lipinski definition) is 5. The van der Waals surface area contributed by atoms with E-state index in [0.717, 1.165) is 61.1 Å². The lowest BCUT2D eigenvalue weighted by atomic mass is 9.87. The van der Waals surface area contributed by atoms with Gasteiger partial charge in [0.15, 0.2) is 11.5 Å². The third-order valence-electron chi connectivity index (χ3n) is 8.29. The van der Waals surface area contributed by atoms with Crippen LogP contribution in [0.3, 0.4) is 0 Å². The normalized spacial score (nSPS) is 15.0. The van der Waals surface area contributed by atoms with Crippen molar-refractivity contribution in [2.24, 2.45) is 0 Å².